The zero-order chi connectivity index (χ0) is 15.5. The number of halogens is 2. The number of primary amides is 1. The van der Waals surface area contributed by atoms with Crippen molar-refractivity contribution in [3.63, 3.8) is 0 Å². The van der Waals surface area contributed by atoms with Gasteiger partial charge in [-0.25, -0.2) is 0 Å². The number of ether oxygens (including phenoxy) is 1. The Bertz CT molecular complexity index is 645. The van der Waals surface area contributed by atoms with Crippen molar-refractivity contribution in [3.8, 4) is 5.75 Å². The zero-order valence-electron chi connectivity index (χ0n) is 11.1. The van der Waals surface area contributed by atoms with Crippen molar-refractivity contribution in [2.75, 3.05) is 12.3 Å². The van der Waals surface area contributed by atoms with E-state index in [0.717, 1.165) is 0 Å². The van der Waals surface area contributed by atoms with E-state index in [9.17, 15) is 13.6 Å². The van der Waals surface area contributed by atoms with Crippen LogP contribution in [0.1, 0.15) is 15.9 Å². The van der Waals surface area contributed by atoms with Crippen LogP contribution in [0.3, 0.4) is 0 Å². The van der Waals surface area contributed by atoms with Gasteiger partial charge in [-0.3, -0.25) is 4.79 Å². The Labute approximate surface area is 120 Å². The summed E-state index contributed by atoms with van der Waals surface area (Å²) in [7, 11) is 0. The van der Waals surface area contributed by atoms with Gasteiger partial charge in [-0.2, -0.15) is 8.78 Å². The van der Waals surface area contributed by atoms with Crippen LogP contribution in [0.25, 0.3) is 0 Å². The lowest BCUT2D eigenvalue weighted by Gasteiger charge is -2.18. The van der Waals surface area contributed by atoms with Gasteiger partial charge in [0.1, 0.15) is 5.75 Å². The Balaban J connectivity index is 2.18. The maximum absolute atomic E-state index is 14.0. The lowest BCUT2D eigenvalue weighted by molar-refractivity contribution is -0.0468. The Kier molecular flexibility index (Phi) is 4.07. The number of carbonyl (C=O) groups excluding carboxylic acids is 1. The Morgan fingerprint density at radius 1 is 1.14 bits per heavy atom. The molecule has 6 heteroatoms. The fraction of sp³-hybridized carbons (Fsp3) is 0.133. The van der Waals surface area contributed by atoms with Crippen LogP contribution in [0.5, 0.6) is 5.75 Å². The minimum absolute atomic E-state index is 0.0210. The van der Waals surface area contributed by atoms with Gasteiger partial charge >= 0.3 is 5.92 Å². The standard InChI is InChI=1S/C15H14F2N2O2/c16-15(17,10-4-2-1-3-5-10)9-21-13-7-6-11(18)8-12(13)14(19)20/h1-8H,9,18H2,(H2,19,20). The molecule has 0 radical (unpaired) electrons. The fourth-order valence-corrected chi connectivity index (χ4v) is 1.80. The molecule has 0 unspecified atom stereocenters. The van der Waals surface area contributed by atoms with Crippen LogP contribution in [0.2, 0.25) is 0 Å². The molecule has 0 heterocycles. The molecule has 21 heavy (non-hydrogen) atoms. The number of hydrogen-bond donors (Lipinski definition) is 2. The molecule has 0 aliphatic carbocycles. The van der Waals surface area contributed by atoms with Gasteiger partial charge in [-0.15, -0.1) is 0 Å². The molecule has 4 nitrogen and oxygen atoms in total. The first kappa shape index (κ1) is 14.8. The van der Waals surface area contributed by atoms with E-state index in [4.69, 9.17) is 16.2 Å². The van der Waals surface area contributed by atoms with E-state index < -0.39 is 18.4 Å². The molecule has 4 N–H and O–H groups in total. The molecule has 2 rings (SSSR count). The smallest absolute Gasteiger partial charge is 0.306 e. The average molecular weight is 292 g/mol. The van der Waals surface area contributed by atoms with E-state index in [1.807, 2.05) is 0 Å². The van der Waals surface area contributed by atoms with Crippen molar-refractivity contribution in [3.05, 3.63) is 59.7 Å². The molecule has 110 valence electrons. The van der Waals surface area contributed by atoms with Gasteiger partial charge in [0.05, 0.1) is 5.56 Å². The SMILES string of the molecule is NC(=O)c1cc(N)ccc1OCC(F)(F)c1ccccc1. The first-order valence-electron chi connectivity index (χ1n) is 6.15. The lowest BCUT2D eigenvalue weighted by Crippen LogP contribution is -2.24. The summed E-state index contributed by atoms with van der Waals surface area (Å²) >= 11 is 0. The molecule has 0 bridgehead atoms. The Hall–Kier alpha value is -2.63. The lowest BCUT2D eigenvalue weighted by atomic mass is 10.1. The van der Waals surface area contributed by atoms with Gasteiger partial charge in [-0.05, 0) is 18.2 Å². The predicted molar refractivity (Wildman–Crippen MR) is 75.2 cm³/mol. The van der Waals surface area contributed by atoms with Gasteiger partial charge in [0, 0.05) is 11.3 Å². The summed E-state index contributed by atoms with van der Waals surface area (Å²) in [6, 6.07) is 11.4. The first-order valence-corrected chi connectivity index (χ1v) is 6.15. The van der Waals surface area contributed by atoms with Crippen LogP contribution in [-0.2, 0) is 5.92 Å². The molecule has 1 amide bonds. The number of benzene rings is 2. The third kappa shape index (κ3) is 3.47. The molecule has 0 saturated heterocycles. The predicted octanol–water partition coefficient (Wildman–Crippen LogP) is 2.54. The second-order valence-electron chi connectivity index (χ2n) is 4.48. The molecular formula is C15H14F2N2O2. The normalized spacial score (nSPS) is 11.1. The van der Waals surface area contributed by atoms with Crippen LogP contribution in [-0.4, -0.2) is 12.5 Å². The summed E-state index contributed by atoms with van der Waals surface area (Å²) in [5, 5.41) is 0. The summed E-state index contributed by atoms with van der Waals surface area (Å²) in [6.07, 6.45) is 0. The van der Waals surface area contributed by atoms with Crippen LogP contribution in [0.15, 0.2) is 48.5 Å². The zero-order valence-corrected chi connectivity index (χ0v) is 11.1. The van der Waals surface area contributed by atoms with Crippen LogP contribution in [0, 0.1) is 0 Å². The molecule has 0 atom stereocenters. The minimum atomic E-state index is -3.18. The fourth-order valence-electron chi connectivity index (χ4n) is 1.80. The highest BCUT2D eigenvalue weighted by Crippen LogP contribution is 2.30. The third-order valence-electron chi connectivity index (χ3n) is 2.87. The highest BCUT2D eigenvalue weighted by molar-refractivity contribution is 5.96. The van der Waals surface area contributed by atoms with E-state index in [1.165, 1.54) is 42.5 Å². The van der Waals surface area contributed by atoms with E-state index in [1.54, 1.807) is 6.07 Å². The monoisotopic (exact) mass is 292 g/mol. The molecule has 2 aromatic carbocycles. The van der Waals surface area contributed by atoms with E-state index in [-0.39, 0.29) is 16.9 Å². The Morgan fingerprint density at radius 3 is 2.43 bits per heavy atom. The minimum Gasteiger partial charge on any atom is -0.486 e. The van der Waals surface area contributed by atoms with Crippen molar-refractivity contribution >= 4 is 11.6 Å². The van der Waals surface area contributed by atoms with Gasteiger partial charge < -0.3 is 16.2 Å². The number of nitrogen functional groups attached to an aromatic ring is 1. The molecule has 0 aliphatic rings. The number of alkyl halides is 2. The largest absolute Gasteiger partial charge is 0.486 e. The van der Waals surface area contributed by atoms with Crippen molar-refractivity contribution in [1.29, 1.82) is 0 Å². The molecule has 0 saturated carbocycles. The summed E-state index contributed by atoms with van der Waals surface area (Å²) in [4.78, 5) is 11.3. The van der Waals surface area contributed by atoms with Gasteiger partial charge in [0.25, 0.3) is 5.91 Å². The van der Waals surface area contributed by atoms with Gasteiger partial charge in [0.2, 0.25) is 0 Å². The van der Waals surface area contributed by atoms with Crippen molar-refractivity contribution in [2.24, 2.45) is 5.73 Å². The highest BCUT2D eigenvalue weighted by Gasteiger charge is 2.32. The Morgan fingerprint density at radius 2 is 1.81 bits per heavy atom. The quantitative estimate of drug-likeness (QED) is 0.831. The third-order valence-corrected chi connectivity index (χ3v) is 2.87. The van der Waals surface area contributed by atoms with E-state index in [2.05, 4.69) is 0 Å². The number of hydrogen-bond acceptors (Lipinski definition) is 3. The second kappa shape index (κ2) is 5.78. The highest BCUT2D eigenvalue weighted by atomic mass is 19.3. The van der Waals surface area contributed by atoms with Crippen molar-refractivity contribution in [2.45, 2.75) is 5.92 Å². The first-order chi connectivity index (χ1) is 9.90. The summed E-state index contributed by atoms with van der Waals surface area (Å²) in [5.74, 6) is -4.00. The average Bonchev–Trinajstić information content (AvgIpc) is 2.47. The van der Waals surface area contributed by atoms with Gasteiger partial charge in [0.15, 0.2) is 6.61 Å². The molecule has 0 spiro atoms. The summed E-state index contributed by atoms with van der Waals surface area (Å²) in [5.41, 5.74) is 10.8. The molecule has 0 fully saturated rings. The maximum atomic E-state index is 14.0. The topological polar surface area (TPSA) is 78.3 Å². The number of nitrogens with two attached hydrogens (primary N) is 2. The van der Waals surface area contributed by atoms with Crippen molar-refractivity contribution in [1.82, 2.24) is 0 Å². The molecule has 2 aromatic rings. The molecule has 0 aromatic heterocycles. The van der Waals surface area contributed by atoms with Crippen LogP contribution < -0.4 is 16.2 Å². The van der Waals surface area contributed by atoms with Crippen LogP contribution in [0.4, 0.5) is 14.5 Å². The number of amides is 1. The second-order valence-corrected chi connectivity index (χ2v) is 4.48. The van der Waals surface area contributed by atoms with E-state index >= 15 is 0 Å². The van der Waals surface area contributed by atoms with Crippen molar-refractivity contribution < 1.29 is 18.3 Å². The van der Waals surface area contributed by atoms with E-state index in [0.29, 0.717) is 5.69 Å². The summed E-state index contributed by atoms with van der Waals surface area (Å²) < 4.78 is 33.0. The molecule has 0 aliphatic heterocycles. The summed E-state index contributed by atoms with van der Waals surface area (Å²) in [6.45, 7) is -0.902. The number of rotatable bonds is 5. The number of anilines is 1. The molecular weight excluding hydrogens is 278 g/mol. The maximum Gasteiger partial charge on any atom is 0.306 e. The number of carbonyl (C=O) groups is 1. The van der Waals surface area contributed by atoms with Gasteiger partial charge in [-0.1, -0.05) is 30.3 Å². The van der Waals surface area contributed by atoms with Crippen LogP contribution >= 0.6 is 0 Å².